The number of nitrogens with zero attached hydrogens (tertiary/aromatic N) is 5. The van der Waals surface area contributed by atoms with Gasteiger partial charge < -0.3 is 0 Å². The number of benzene rings is 2. The number of halogens is 4. The van der Waals surface area contributed by atoms with Crippen LogP contribution in [-0.2, 0) is 12.7 Å². The van der Waals surface area contributed by atoms with Gasteiger partial charge in [0.25, 0.3) is 0 Å². The molecule has 0 saturated heterocycles. The lowest BCUT2D eigenvalue weighted by atomic mass is 10.0. The van der Waals surface area contributed by atoms with Gasteiger partial charge in [0, 0.05) is 10.5 Å². The molecule has 126 valence electrons. The summed E-state index contributed by atoms with van der Waals surface area (Å²) in [5.41, 5.74) is 8.36. The molecule has 0 aliphatic carbocycles. The SMILES string of the molecule is [N-]=[N+]=NCc1nc2cccc(Cl)c2nc1-c1ccccc1C(F)(F)F. The van der Waals surface area contributed by atoms with E-state index in [1.54, 1.807) is 18.2 Å². The van der Waals surface area contributed by atoms with E-state index in [9.17, 15) is 13.2 Å². The molecule has 3 rings (SSSR count). The molecule has 1 aromatic heterocycles. The number of alkyl halides is 3. The maximum atomic E-state index is 13.4. The number of fused-ring (bicyclic) bond motifs is 1. The molecule has 0 amide bonds. The first-order valence-corrected chi connectivity index (χ1v) is 7.42. The average Bonchev–Trinajstić information content (AvgIpc) is 2.59. The Morgan fingerprint density at radius 2 is 1.84 bits per heavy atom. The Labute approximate surface area is 144 Å². The highest BCUT2D eigenvalue weighted by Crippen LogP contribution is 2.38. The summed E-state index contributed by atoms with van der Waals surface area (Å²) in [6.45, 7) is -0.229. The third-order valence-corrected chi connectivity index (χ3v) is 3.79. The zero-order valence-corrected chi connectivity index (χ0v) is 13.3. The Hall–Kier alpha value is -2.83. The van der Waals surface area contributed by atoms with Gasteiger partial charge in [0.05, 0.1) is 34.0 Å². The van der Waals surface area contributed by atoms with Gasteiger partial charge in [-0.15, -0.1) is 0 Å². The topological polar surface area (TPSA) is 74.5 Å². The molecule has 0 spiro atoms. The van der Waals surface area contributed by atoms with E-state index in [0.29, 0.717) is 5.52 Å². The highest BCUT2D eigenvalue weighted by molar-refractivity contribution is 6.34. The van der Waals surface area contributed by atoms with E-state index in [0.717, 1.165) is 6.07 Å². The summed E-state index contributed by atoms with van der Waals surface area (Å²) in [5, 5.41) is 3.68. The van der Waals surface area contributed by atoms with E-state index in [4.69, 9.17) is 17.1 Å². The summed E-state index contributed by atoms with van der Waals surface area (Å²) in [5.74, 6) is 0. The van der Waals surface area contributed by atoms with Crippen molar-refractivity contribution in [2.75, 3.05) is 0 Å². The van der Waals surface area contributed by atoms with Gasteiger partial charge in [0.15, 0.2) is 0 Å². The summed E-state index contributed by atoms with van der Waals surface area (Å²) < 4.78 is 40.1. The van der Waals surface area contributed by atoms with Gasteiger partial charge in [0.2, 0.25) is 0 Å². The van der Waals surface area contributed by atoms with Gasteiger partial charge in [0.1, 0.15) is 5.52 Å². The lowest BCUT2D eigenvalue weighted by molar-refractivity contribution is -0.137. The van der Waals surface area contributed by atoms with Crippen molar-refractivity contribution in [2.45, 2.75) is 12.7 Å². The van der Waals surface area contributed by atoms with Crippen molar-refractivity contribution in [1.29, 1.82) is 0 Å². The minimum absolute atomic E-state index is 0.0130. The molecule has 0 bridgehead atoms. The van der Waals surface area contributed by atoms with Gasteiger partial charge in [-0.05, 0) is 23.7 Å². The first-order valence-electron chi connectivity index (χ1n) is 7.04. The molecule has 9 heteroatoms. The number of para-hydroxylation sites is 1. The molecule has 0 N–H and O–H groups in total. The molecule has 2 aromatic carbocycles. The number of hydrogen-bond acceptors (Lipinski definition) is 3. The average molecular weight is 364 g/mol. The zero-order valence-electron chi connectivity index (χ0n) is 12.5. The monoisotopic (exact) mass is 363 g/mol. The summed E-state index contributed by atoms with van der Waals surface area (Å²) in [4.78, 5) is 11.2. The molecule has 0 fully saturated rings. The van der Waals surface area contributed by atoms with Crippen molar-refractivity contribution in [2.24, 2.45) is 5.11 Å². The van der Waals surface area contributed by atoms with Crippen LogP contribution in [0.4, 0.5) is 13.2 Å². The lowest BCUT2D eigenvalue weighted by Crippen LogP contribution is -2.09. The van der Waals surface area contributed by atoms with Crippen LogP contribution in [0.2, 0.25) is 5.02 Å². The van der Waals surface area contributed by atoms with Gasteiger partial charge in [-0.2, -0.15) is 13.2 Å². The molecule has 25 heavy (non-hydrogen) atoms. The van der Waals surface area contributed by atoms with Crippen molar-refractivity contribution in [3.05, 3.63) is 69.2 Å². The maximum absolute atomic E-state index is 13.4. The lowest BCUT2D eigenvalue weighted by Gasteiger charge is -2.15. The molecule has 0 saturated carbocycles. The van der Waals surface area contributed by atoms with E-state index >= 15 is 0 Å². The predicted molar refractivity (Wildman–Crippen MR) is 87.8 cm³/mol. The molecule has 5 nitrogen and oxygen atoms in total. The minimum atomic E-state index is -4.57. The van der Waals surface area contributed by atoms with Crippen LogP contribution in [0, 0.1) is 0 Å². The smallest absolute Gasteiger partial charge is 0.249 e. The second kappa shape index (κ2) is 6.58. The predicted octanol–water partition coefficient (Wildman–Crippen LogP) is 5.78. The summed E-state index contributed by atoms with van der Waals surface area (Å²) in [7, 11) is 0. The van der Waals surface area contributed by atoms with E-state index in [-0.39, 0.29) is 34.0 Å². The third kappa shape index (κ3) is 3.35. The van der Waals surface area contributed by atoms with Crippen molar-refractivity contribution in [3.8, 4) is 11.3 Å². The Morgan fingerprint density at radius 3 is 2.56 bits per heavy atom. The van der Waals surface area contributed by atoms with Crippen LogP contribution in [0.5, 0.6) is 0 Å². The standard InChI is InChI=1S/C16H9ClF3N5/c17-11-6-3-7-12-15(11)24-14(13(23-12)8-22-25-21)9-4-1-2-5-10(9)16(18,19)20/h1-7H,8H2. The van der Waals surface area contributed by atoms with Gasteiger partial charge >= 0.3 is 6.18 Å². The van der Waals surface area contributed by atoms with E-state index in [1.807, 2.05) is 0 Å². The number of rotatable bonds is 3. The number of aromatic nitrogens is 2. The number of azide groups is 1. The first-order chi connectivity index (χ1) is 11.9. The fourth-order valence-electron chi connectivity index (χ4n) is 2.44. The second-order valence-electron chi connectivity index (χ2n) is 5.06. The van der Waals surface area contributed by atoms with Crippen LogP contribution < -0.4 is 0 Å². The Morgan fingerprint density at radius 1 is 1.08 bits per heavy atom. The van der Waals surface area contributed by atoms with Crippen LogP contribution in [0.1, 0.15) is 11.3 Å². The Balaban J connectivity index is 2.35. The fraction of sp³-hybridized carbons (Fsp3) is 0.125. The second-order valence-corrected chi connectivity index (χ2v) is 5.47. The quantitative estimate of drug-likeness (QED) is 0.336. The van der Waals surface area contributed by atoms with Crippen molar-refractivity contribution < 1.29 is 13.2 Å². The van der Waals surface area contributed by atoms with Gasteiger partial charge in [-0.1, -0.05) is 41.0 Å². The van der Waals surface area contributed by atoms with Crippen molar-refractivity contribution in [3.63, 3.8) is 0 Å². The van der Waals surface area contributed by atoms with Crippen molar-refractivity contribution >= 4 is 22.6 Å². The molecule has 0 atom stereocenters. The third-order valence-electron chi connectivity index (χ3n) is 3.49. The van der Waals surface area contributed by atoms with Crippen molar-refractivity contribution in [1.82, 2.24) is 9.97 Å². The summed E-state index contributed by atoms with van der Waals surface area (Å²) >= 11 is 6.10. The molecule has 1 heterocycles. The molecule has 3 aromatic rings. The first kappa shape index (κ1) is 17.0. The Kier molecular flexibility index (Phi) is 4.48. The molecule has 0 radical (unpaired) electrons. The fourth-order valence-corrected chi connectivity index (χ4v) is 2.65. The van der Waals surface area contributed by atoms with Crippen LogP contribution in [0.15, 0.2) is 47.6 Å². The summed E-state index contributed by atoms with van der Waals surface area (Å²) in [6.07, 6.45) is -4.57. The Bertz CT molecular complexity index is 997. The van der Waals surface area contributed by atoms with E-state index in [1.165, 1.54) is 18.2 Å². The van der Waals surface area contributed by atoms with Gasteiger partial charge in [-0.25, -0.2) is 9.97 Å². The molecular formula is C16H9ClF3N5. The summed E-state index contributed by atoms with van der Waals surface area (Å²) in [6, 6.07) is 9.89. The molecule has 0 aliphatic heterocycles. The molecule has 0 aliphatic rings. The number of hydrogen-bond donors (Lipinski definition) is 0. The zero-order chi connectivity index (χ0) is 18.0. The van der Waals surface area contributed by atoms with E-state index < -0.39 is 11.7 Å². The molecule has 0 unspecified atom stereocenters. The van der Waals surface area contributed by atoms with E-state index in [2.05, 4.69) is 20.0 Å². The van der Waals surface area contributed by atoms with Gasteiger partial charge in [-0.3, -0.25) is 0 Å². The van der Waals surface area contributed by atoms with Crippen LogP contribution in [0.25, 0.3) is 32.7 Å². The normalized spacial score (nSPS) is 11.4. The maximum Gasteiger partial charge on any atom is 0.417 e. The minimum Gasteiger partial charge on any atom is -0.249 e. The molecular weight excluding hydrogens is 355 g/mol. The van der Waals surface area contributed by atoms with Crippen LogP contribution >= 0.6 is 11.6 Å². The van der Waals surface area contributed by atoms with Crippen LogP contribution in [0.3, 0.4) is 0 Å². The largest absolute Gasteiger partial charge is 0.417 e. The highest BCUT2D eigenvalue weighted by Gasteiger charge is 2.34. The van der Waals surface area contributed by atoms with Crippen LogP contribution in [-0.4, -0.2) is 9.97 Å². The highest BCUT2D eigenvalue weighted by atomic mass is 35.5.